The molecular weight excluding hydrogens is 200 g/mol. The van der Waals surface area contributed by atoms with E-state index < -0.39 is 0 Å². The maximum atomic E-state index is 5.71. The maximum Gasteiger partial charge on any atom is 0.119 e. The van der Waals surface area contributed by atoms with Crippen molar-refractivity contribution in [1.82, 2.24) is 0 Å². The molecule has 0 fully saturated rings. The Morgan fingerprint density at radius 2 is 2.00 bits per heavy atom. The first-order valence-electron chi connectivity index (χ1n) is 5.84. The fourth-order valence-corrected chi connectivity index (χ4v) is 1.37. The minimum atomic E-state index is -0.109. The zero-order chi connectivity index (χ0) is 12.0. The van der Waals surface area contributed by atoms with E-state index in [1.165, 1.54) is 5.56 Å². The van der Waals surface area contributed by atoms with E-state index in [2.05, 4.69) is 32.9 Å². The summed E-state index contributed by atoms with van der Waals surface area (Å²) in [4.78, 5) is 0. The molecule has 0 N–H and O–H groups in total. The molecule has 0 aliphatic rings. The zero-order valence-electron chi connectivity index (χ0n) is 10.7. The SMILES string of the molecule is CCc1cccc(OCCC(C)(C)OC)c1. The number of rotatable bonds is 6. The van der Waals surface area contributed by atoms with Crippen LogP contribution in [0.25, 0.3) is 0 Å². The van der Waals surface area contributed by atoms with Gasteiger partial charge in [0.05, 0.1) is 12.2 Å². The number of aryl methyl sites for hydroxylation is 1. The van der Waals surface area contributed by atoms with Crippen molar-refractivity contribution < 1.29 is 9.47 Å². The Morgan fingerprint density at radius 1 is 1.25 bits per heavy atom. The molecule has 16 heavy (non-hydrogen) atoms. The predicted octanol–water partition coefficient (Wildman–Crippen LogP) is 3.44. The van der Waals surface area contributed by atoms with Crippen molar-refractivity contribution in [2.75, 3.05) is 13.7 Å². The van der Waals surface area contributed by atoms with E-state index in [0.29, 0.717) is 6.61 Å². The standard InChI is InChI=1S/C14H22O2/c1-5-12-7-6-8-13(11-12)16-10-9-14(2,3)15-4/h6-8,11H,5,9-10H2,1-4H3. The van der Waals surface area contributed by atoms with Crippen molar-refractivity contribution >= 4 is 0 Å². The van der Waals surface area contributed by atoms with Gasteiger partial charge in [0.2, 0.25) is 0 Å². The molecule has 0 bridgehead atoms. The van der Waals surface area contributed by atoms with Crippen LogP contribution in [0, 0.1) is 0 Å². The van der Waals surface area contributed by atoms with Gasteiger partial charge in [-0.05, 0) is 38.0 Å². The zero-order valence-corrected chi connectivity index (χ0v) is 10.7. The highest BCUT2D eigenvalue weighted by Gasteiger charge is 2.15. The number of hydrogen-bond acceptors (Lipinski definition) is 2. The van der Waals surface area contributed by atoms with Crippen LogP contribution in [0.4, 0.5) is 0 Å². The van der Waals surface area contributed by atoms with E-state index in [9.17, 15) is 0 Å². The summed E-state index contributed by atoms with van der Waals surface area (Å²) in [6.45, 7) is 6.97. The van der Waals surface area contributed by atoms with Gasteiger partial charge in [0.1, 0.15) is 5.75 Å². The van der Waals surface area contributed by atoms with Crippen LogP contribution in [0.1, 0.15) is 32.8 Å². The van der Waals surface area contributed by atoms with Gasteiger partial charge in [-0.25, -0.2) is 0 Å². The van der Waals surface area contributed by atoms with Gasteiger partial charge in [0.25, 0.3) is 0 Å². The van der Waals surface area contributed by atoms with Gasteiger partial charge in [0.15, 0.2) is 0 Å². The molecule has 0 unspecified atom stereocenters. The highest BCUT2D eigenvalue weighted by Crippen LogP contribution is 2.17. The van der Waals surface area contributed by atoms with E-state index in [1.807, 2.05) is 12.1 Å². The minimum Gasteiger partial charge on any atom is -0.493 e. The van der Waals surface area contributed by atoms with Crippen LogP contribution >= 0.6 is 0 Å². The first kappa shape index (κ1) is 13.0. The normalized spacial score (nSPS) is 11.5. The third-order valence-electron chi connectivity index (χ3n) is 2.83. The topological polar surface area (TPSA) is 18.5 Å². The largest absolute Gasteiger partial charge is 0.493 e. The molecule has 0 saturated heterocycles. The number of ether oxygens (including phenoxy) is 2. The first-order valence-corrected chi connectivity index (χ1v) is 5.84. The van der Waals surface area contributed by atoms with Crippen LogP contribution in [0.15, 0.2) is 24.3 Å². The van der Waals surface area contributed by atoms with Gasteiger partial charge in [-0.15, -0.1) is 0 Å². The molecule has 1 rings (SSSR count). The van der Waals surface area contributed by atoms with Crippen LogP contribution in [-0.2, 0) is 11.2 Å². The second-order valence-electron chi connectivity index (χ2n) is 4.56. The Bertz CT molecular complexity index is 318. The molecule has 0 aliphatic heterocycles. The Balaban J connectivity index is 2.42. The smallest absolute Gasteiger partial charge is 0.119 e. The third kappa shape index (κ3) is 4.23. The summed E-state index contributed by atoms with van der Waals surface area (Å²) < 4.78 is 11.0. The number of hydrogen-bond donors (Lipinski definition) is 0. The fourth-order valence-electron chi connectivity index (χ4n) is 1.37. The molecular formula is C14H22O2. The van der Waals surface area contributed by atoms with Crippen molar-refractivity contribution in [3.8, 4) is 5.75 Å². The summed E-state index contributed by atoms with van der Waals surface area (Å²) in [5.74, 6) is 0.950. The first-order chi connectivity index (χ1) is 7.57. The van der Waals surface area contributed by atoms with Crippen LogP contribution in [0.5, 0.6) is 5.75 Å². The summed E-state index contributed by atoms with van der Waals surface area (Å²) in [6, 6.07) is 8.25. The van der Waals surface area contributed by atoms with Crippen molar-refractivity contribution in [3.63, 3.8) is 0 Å². The molecule has 1 aromatic rings. The van der Waals surface area contributed by atoms with Gasteiger partial charge in [-0.1, -0.05) is 19.1 Å². The van der Waals surface area contributed by atoms with Crippen molar-refractivity contribution in [2.45, 2.75) is 39.2 Å². The molecule has 0 saturated carbocycles. The number of methoxy groups -OCH3 is 1. The Labute approximate surface area is 98.6 Å². The molecule has 0 aliphatic carbocycles. The molecule has 0 radical (unpaired) electrons. The maximum absolute atomic E-state index is 5.71. The van der Waals surface area contributed by atoms with E-state index in [1.54, 1.807) is 7.11 Å². The second kappa shape index (κ2) is 5.90. The molecule has 0 atom stereocenters. The lowest BCUT2D eigenvalue weighted by molar-refractivity contribution is 0.00545. The lowest BCUT2D eigenvalue weighted by Gasteiger charge is -2.22. The van der Waals surface area contributed by atoms with Crippen LogP contribution in [-0.4, -0.2) is 19.3 Å². The highest BCUT2D eigenvalue weighted by atomic mass is 16.5. The van der Waals surface area contributed by atoms with E-state index >= 15 is 0 Å². The van der Waals surface area contributed by atoms with Crippen molar-refractivity contribution in [1.29, 1.82) is 0 Å². The molecule has 0 amide bonds. The Kier molecular flexibility index (Phi) is 4.81. The minimum absolute atomic E-state index is 0.109. The molecule has 2 nitrogen and oxygen atoms in total. The van der Waals surface area contributed by atoms with Gasteiger partial charge < -0.3 is 9.47 Å². The quantitative estimate of drug-likeness (QED) is 0.734. The van der Waals surface area contributed by atoms with E-state index in [4.69, 9.17) is 9.47 Å². The average Bonchev–Trinajstić information content (AvgIpc) is 2.29. The van der Waals surface area contributed by atoms with Crippen LogP contribution in [0.3, 0.4) is 0 Å². The van der Waals surface area contributed by atoms with Gasteiger partial charge >= 0.3 is 0 Å². The second-order valence-corrected chi connectivity index (χ2v) is 4.56. The van der Waals surface area contributed by atoms with Gasteiger partial charge in [-0.3, -0.25) is 0 Å². The molecule has 1 aromatic carbocycles. The average molecular weight is 222 g/mol. The highest BCUT2D eigenvalue weighted by molar-refractivity contribution is 5.28. The molecule has 2 heteroatoms. The summed E-state index contributed by atoms with van der Waals surface area (Å²) in [6.07, 6.45) is 1.93. The third-order valence-corrected chi connectivity index (χ3v) is 2.83. The molecule has 0 spiro atoms. The van der Waals surface area contributed by atoms with Crippen LogP contribution in [0.2, 0.25) is 0 Å². The van der Waals surface area contributed by atoms with Gasteiger partial charge in [-0.2, -0.15) is 0 Å². The van der Waals surface area contributed by atoms with E-state index in [-0.39, 0.29) is 5.60 Å². The lowest BCUT2D eigenvalue weighted by atomic mass is 10.1. The molecule has 90 valence electrons. The summed E-state index contributed by atoms with van der Waals surface area (Å²) in [5, 5.41) is 0. The van der Waals surface area contributed by atoms with E-state index in [0.717, 1.165) is 18.6 Å². The number of benzene rings is 1. The monoisotopic (exact) mass is 222 g/mol. The molecule has 0 heterocycles. The lowest BCUT2D eigenvalue weighted by Crippen LogP contribution is -2.25. The molecule has 0 aromatic heterocycles. The van der Waals surface area contributed by atoms with Gasteiger partial charge in [0, 0.05) is 13.5 Å². The van der Waals surface area contributed by atoms with Crippen molar-refractivity contribution in [3.05, 3.63) is 29.8 Å². The fraction of sp³-hybridized carbons (Fsp3) is 0.571. The summed E-state index contributed by atoms with van der Waals surface area (Å²) in [7, 11) is 1.73. The van der Waals surface area contributed by atoms with Crippen molar-refractivity contribution in [2.24, 2.45) is 0 Å². The Morgan fingerprint density at radius 3 is 2.62 bits per heavy atom. The summed E-state index contributed by atoms with van der Waals surface area (Å²) in [5.41, 5.74) is 1.20. The Hall–Kier alpha value is -1.02. The predicted molar refractivity (Wildman–Crippen MR) is 67.0 cm³/mol. The summed E-state index contributed by atoms with van der Waals surface area (Å²) >= 11 is 0. The van der Waals surface area contributed by atoms with Crippen LogP contribution < -0.4 is 4.74 Å².